The molecule has 0 fully saturated rings. The van der Waals surface area contributed by atoms with Crippen LogP contribution in [0.5, 0.6) is 11.5 Å². The van der Waals surface area contributed by atoms with Crippen LogP contribution in [-0.4, -0.2) is 36.0 Å². The van der Waals surface area contributed by atoms with Crippen LogP contribution in [0.1, 0.15) is 18.5 Å². The number of amides is 1. The number of Topliss-reactive ketones (excluding diaryl/α,β-unsaturated/α-hetero) is 1. The molecule has 1 aromatic carbocycles. The van der Waals surface area contributed by atoms with Gasteiger partial charge < -0.3 is 14.6 Å². The Kier molecular flexibility index (Phi) is 4.62. The summed E-state index contributed by atoms with van der Waals surface area (Å²) in [4.78, 5) is 30.2. The van der Waals surface area contributed by atoms with Gasteiger partial charge >= 0.3 is 0 Å². The molecule has 134 valence electrons. The van der Waals surface area contributed by atoms with Crippen molar-refractivity contribution in [1.82, 2.24) is 4.98 Å². The number of rotatable bonds is 5. The van der Waals surface area contributed by atoms with Crippen LogP contribution in [0.4, 0.5) is 5.69 Å². The molecule has 2 aromatic rings. The van der Waals surface area contributed by atoms with Gasteiger partial charge in [0.25, 0.3) is 5.91 Å². The van der Waals surface area contributed by atoms with E-state index in [4.69, 9.17) is 9.47 Å². The monoisotopic (exact) mass is 354 g/mol. The van der Waals surface area contributed by atoms with E-state index in [1.54, 1.807) is 36.5 Å². The smallest absolute Gasteiger partial charge is 0.294 e. The Labute approximate surface area is 150 Å². The van der Waals surface area contributed by atoms with Crippen LogP contribution in [0.2, 0.25) is 0 Å². The number of nitrogens with zero attached hydrogens (tertiary/aromatic N) is 2. The molecule has 1 N–H and O–H groups in total. The van der Waals surface area contributed by atoms with E-state index in [1.807, 2.05) is 0 Å². The average molecular weight is 354 g/mol. The minimum atomic E-state index is -0.788. The number of methoxy groups -OCH3 is 2. The summed E-state index contributed by atoms with van der Waals surface area (Å²) in [6.45, 7) is 1.32. The van der Waals surface area contributed by atoms with E-state index in [0.29, 0.717) is 22.7 Å². The molecule has 1 aromatic heterocycles. The first-order valence-electron chi connectivity index (χ1n) is 7.89. The van der Waals surface area contributed by atoms with Crippen molar-refractivity contribution in [2.45, 2.75) is 13.0 Å². The van der Waals surface area contributed by atoms with Gasteiger partial charge in [-0.1, -0.05) is 6.07 Å². The summed E-state index contributed by atoms with van der Waals surface area (Å²) in [5, 5.41) is 10.3. The second-order valence-corrected chi connectivity index (χ2v) is 5.72. The summed E-state index contributed by atoms with van der Waals surface area (Å²) in [6, 6.07) is 7.68. The van der Waals surface area contributed by atoms with Gasteiger partial charge in [-0.2, -0.15) is 0 Å². The Morgan fingerprint density at radius 2 is 1.92 bits per heavy atom. The number of aromatic nitrogens is 1. The van der Waals surface area contributed by atoms with Gasteiger partial charge in [-0.05, 0) is 36.8 Å². The van der Waals surface area contributed by atoms with Crippen molar-refractivity contribution in [3.05, 3.63) is 59.6 Å². The number of benzene rings is 1. The Morgan fingerprint density at radius 1 is 1.19 bits per heavy atom. The first-order chi connectivity index (χ1) is 12.5. The summed E-state index contributed by atoms with van der Waals surface area (Å²) in [5.41, 5.74) is 1.11. The quantitative estimate of drug-likeness (QED) is 0.888. The lowest BCUT2D eigenvalue weighted by molar-refractivity contribution is -0.117. The molecule has 26 heavy (non-hydrogen) atoms. The van der Waals surface area contributed by atoms with Gasteiger partial charge in [-0.25, -0.2) is 0 Å². The number of carbonyl (C=O) groups is 2. The lowest BCUT2D eigenvalue weighted by atomic mass is 9.96. The number of ether oxygens (including phenoxy) is 2. The van der Waals surface area contributed by atoms with Crippen LogP contribution < -0.4 is 14.4 Å². The minimum absolute atomic E-state index is 0.0334. The SMILES string of the molecule is COc1ccc([C@H]2C(C(C)=O)=C(O)C(=O)N2c2cccnc2)cc1OC. The molecule has 1 atom stereocenters. The van der Waals surface area contributed by atoms with Gasteiger partial charge in [-0.15, -0.1) is 0 Å². The third kappa shape index (κ3) is 2.77. The van der Waals surface area contributed by atoms with E-state index >= 15 is 0 Å². The maximum atomic E-state index is 12.7. The number of anilines is 1. The molecule has 0 aliphatic carbocycles. The summed E-state index contributed by atoms with van der Waals surface area (Å²) in [6.07, 6.45) is 3.08. The predicted octanol–water partition coefficient (Wildman–Crippen LogP) is 2.59. The largest absolute Gasteiger partial charge is 0.503 e. The second kappa shape index (κ2) is 6.87. The van der Waals surface area contributed by atoms with Crippen molar-refractivity contribution in [1.29, 1.82) is 0 Å². The van der Waals surface area contributed by atoms with E-state index in [2.05, 4.69) is 4.98 Å². The van der Waals surface area contributed by atoms with E-state index in [1.165, 1.54) is 32.2 Å². The van der Waals surface area contributed by atoms with Crippen molar-refractivity contribution >= 4 is 17.4 Å². The Hall–Kier alpha value is -3.35. The highest BCUT2D eigenvalue weighted by atomic mass is 16.5. The summed E-state index contributed by atoms with van der Waals surface area (Å²) >= 11 is 0. The first-order valence-corrected chi connectivity index (χ1v) is 7.89. The zero-order valence-corrected chi connectivity index (χ0v) is 14.6. The van der Waals surface area contributed by atoms with Gasteiger partial charge in [0.2, 0.25) is 0 Å². The standard InChI is InChI=1S/C19H18N2O5/c1-11(22)16-17(12-6-7-14(25-2)15(9-12)26-3)21(19(24)18(16)23)13-5-4-8-20-10-13/h4-10,17,23H,1-3H3/t17-/m0/s1. The number of aliphatic hydroxyl groups excluding tert-OH is 1. The van der Waals surface area contributed by atoms with Crippen molar-refractivity contribution in [3.8, 4) is 11.5 Å². The number of hydrogen-bond donors (Lipinski definition) is 1. The molecule has 0 unspecified atom stereocenters. The van der Waals surface area contributed by atoms with Gasteiger partial charge in [0.1, 0.15) is 0 Å². The zero-order valence-electron chi connectivity index (χ0n) is 14.6. The Morgan fingerprint density at radius 3 is 2.50 bits per heavy atom. The average Bonchev–Trinajstić information content (AvgIpc) is 2.93. The highest BCUT2D eigenvalue weighted by Gasteiger charge is 2.43. The molecule has 2 heterocycles. The minimum Gasteiger partial charge on any atom is -0.503 e. The van der Waals surface area contributed by atoms with Gasteiger partial charge in [-0.3, -0.25) is 19.5 Å². The van der Waals surface area contributed by atoms with Gasteiger partial charge in [0, 0.05) is 6.20 Å². The molecule has 1 aliphatic rings. The topological polar surface area (TPSA) is 89.0 Å². The summed E-state index contributed by atoms with van der Waals surface area (Å²) < 4.78 is 10.6. The van der Waals surface area contributed by atoms with Crippen LogP contribution in [0.25, 0.3) is 0 Å². The Bertz CT molecular complexity index is 892. The van der Waals surface area contributed by atoms with Crippen LogP contribution in [0, 0.1) is 0 Å². The van der Waals surface area contributed by atoms with E-state index < -0.39 is 17.7 Å². The molecular formula is C19H18N2O5. The van der Waals surface area contributed by atoms with E-state index in [9.17, 15) is 14.7 Å². The lowest BCUT2D eigenvalue weighted by Crippen LogP contribution is -2.30. The number of carbonyl (C=O) groups excluding carboxylic acids is 2. The van der Waals surface area contributed by atoms with Crippen LogP contribution in [0.3, 0.4) is 0 Å². The van der Waals surface area contributed by atoms with Crippen molar-refractivity contribution in [2.75, 3.05) is 19.1 Å². The Balaban J connectivity index is 2.19. The van der Waals surface area contributed by atoms with Crippen molar-refractivity contribution < 1.29 is 24.2 Å². The molecule has 1 aliphatic heterocycles. The maximum absolute atomic E-state index is 12.7. The fraction of sp³-hybridized carbons (Fsp3) is 0.211. The number of pyridine rings is 1. The van der Waals surface area contributed by atoms with Crippen molar-refractivity contribution in [3.63, 3.8) is 0 Å². The van der Waals surface area contributed by atoms with Gasteiger partial charge in [0.05, 0.1) is 37.7 Å². The normalized spacial score (nSPS) is 16.8. The number of aliphatic hydroxyl groups is 1. The molecule has 0 saturated carbocycles. The summed E-state index contributed by atoms with van der Waals surface area (Å²) in [5.74, 6) is -0.616. The van der Waals surface area contributed by atoms with E-state index in [-0.39, 0.29) is 11.4 Å². The highest BCUT2D eigenvalue weighted by molar-refractivity contribution is 6.16. The first kappa shape index (κ1) is 17.5. The van der Waals surface area contributed by atoms with Gasteiger partial charge in [0.15, 0.2) is 23.0 Å². The molecule has 0 radical (unpaired) electrons. The third-order valence-corrected chi connectivity index (χ3v) is 4.23. The predicted molar refractivity (Wildman–Crippen MR) is 94.3 cm³/mol. The number of ketones is 1. The number of hydrogen-bond acceptors (Lipinski definition) is 6. The van der Waals surface area contributed by atoms with E-state index in [0.717, 1.165) is 0 Å². The molecule has 1 amide bonds. The van der Waals surface area contributed by atoms with Crippen molar-refractivity contribution in [2.24, 2.45) is 0 Å². The summed E-state index contributed by atoms with van der Waals surface area (Å²) in [7, 11) is 3.02. The van der Waals surface area contributed by atoms with Crippen LogP contribution in [0.15, 0.2) is 54.1 Å². The second-order valence-electron chi connectivity index (χ2n) is 5.72. The van der Waals surface area contributed by atoms with Crippen LogP contribution in [-0.2, 0) is 9.59 Å². The fourth-order valence-corrected chi connectivity index (χ4v) is 3.07. The molecular weight excluding hydrogens is 336 g/mol. The molecule has 7 nitrogen and oxygen atoms in total. The van der Waals surface area contributed by atoms with Crippen LogP contribution >= 0.6 is 0 Å². The fourth-order valence-electron chi connectivity index (χ4n) is 3.07. The molecule has 7 heteroatoms. The highest BCUT2D eigenvalue weighted by Crippen LogP contribution is 2.42. The molecule has 0 spiro atoms. The molecule has 0 bridgehead atoms. The zero-order chi connectivity index (χ0) is 18.8. The maximum Gasteiger partial charge on any atom is 0.294 e. The lowest BCUT2D eigenvalue weighted by Gasteiger charge is -2.26. The molecule has 3 rings (SSSR count). The third-order valence-electron chi connectivity index (χ3n) is 4.23. The molecule has 0 saturated heterocycles.